The third-order valence-corrected chi connectivity index (χ3v) is 5.83. The van der Waals surface area contributed by atoms with E-state index in [1.807, 2.05) is 53.2 Å². The van der Waals surface area contributed by atoms with Crippen LogP contribution in [0.15, 0.2) is 60.7 Å². The van der Waals surface area contributed by atoms with Crippen LogP contribution in [-0.4, -0.2) is 34.7 Å². The van der Waals surface area contributed by atoms with Crippen LogP contribution in [0.5, 0.6) is 0 Å². The number of carbonyl (C=O) groups excluding carboxylic acids is 2. The third kappa shape index (κ3) is 5.14. The molecular formula is C26H30N4O3. The highest BCUT2D eigenvalue weighted by atomic mass is 16.5. The van der Waals surface area contributed by atoms with Gasteiger partial charge in [-0.25, -0.2) is 4.68 Å². The van der Waals surface area contributed by atoms with Crippen molar-refractivity contribution in [1.29, 1.82) is 0 Å². The Hall–Kier alpha value is -3.45. The first-order valence-electron chi connectivity index (χ1n) is 11.4. The second-order valence-electron chi connectivity index (χ2n) is 8.80. The molecule has 1 atom stereocenters. The van der Waals surface area contributed by atoms with E-state index in [0.717, 1.165) is 28.9 Å². The number of aromatic nitrogens is 2. The standard InChI is InChI=1S/C26H30N4O3/c1-4-13-33-26(2,3)20-10-8-9-18(14-20)22-16-23(28-25(32)19-15-24(31)27-17-19)29-30(22)21-11-6-5-7-12-21/h5-12,14,16,19H,4,13,15,17H2,1-3H3,(H,27,31)(H,28,29,32)/t19-/m0/s1. The summed E-state index contributed by atoms with van der Waals surface area (Å²) in [4.78, 5) is 24.2. The van der Waals surface area contributed by atoms with E-state index in [9.17, 15) is 9.59 Å². The fourth-order valence-electron chi connectivity index (χ4n) is 3.93. The lowest BCUT2D eigenvalue weighted by molar-refractivity contribution is -0.123. The molecule has 7 nitrogen and oxygen atoms in total. The molecule has 1 fully saturated rings. The van der Waals surface area contributed by atoms with Gasteiger partial charge in [0.25, 0.3) is 0 Å². The molecule has 0 bridgehead atoms. The van der Waals surface area contributed by atoms with Gasteiger partial charge < -0.3 is 15.4 Å². The van der Waals surface area contributed by atoms with Gasteiger partial charge in [0.05, 0.1) is 22.9 Å². The molecule has 1 aliphatic heterocycles. The number of hydrogen-bond acceptors (Lipinski definition) is 4. The van der Waals surface area contributed by atoms with Crippen LogP contribution in [-0.2, 0) is 19.9 Å². The van der Waals surface area contributed by atoms with Gasteiger partial charge in [0.15, 0.2) is 5.82 Å². The average molecular weight is 447 g/mol. The number of nitrogens with zero attached hydrogens (tertiary/aromatic N) is 2. The molecular weight excluding hydrogens is 416 g/mol. The van der Waals surface area contributed by atoms with Gasteiger partial charge >= 0.3 is 0 Å². The maximum absolute atomic E-state index is 12.7. The lowest BCUT2D eigenvalue weighted by Crippen LogP contribution is -2.24. The second-order valence-corrected chi connectivity index (χ2v) is 8.80. The first kappa shape index (κ1) is 22.7. The van der Waals surface area contributed by atoms with E-state index in [-0.39, 0.29) is 24.2 Å². The van der Waals surface area contributed by atoms with Gasteiger partial charge in [0.2, 0.25) is 11.8 Å². The molecule has 2 amide bonds. The minimum atomic E-state index is -0.428. The predicted octanol–water partition coefficient (Wildman–Crippen LogP) is 4.28. The van der Waals surface area contributed by atoms with Crippen LogP contribution in [0.2, 0.25) is 0 Å². The summed E-state index contributed by atoms with van der Waals surface area (Å²) < 4.78 is 7.91. The van der Waals surface area contributed by atoms with Crippen LogP contribution in [0.4, 0.5) is 5.82 Å². The zero-order chi connectivity index (χ0) is 23.4. The lowest BCUT2D eigenvalue weighted by atomic mass is 9.95. The van der Waals surface area contributed by atoms with Crippen molar-refractivity contribution >= 4 is 17.6 Å². The normalized spacial score (nSPS) is 16.0. The summed E-state index contributed by atoms with van der Waals surface area (Å²) in [6.07, 6.45) is 1.15. The predicted molar refractivity (Wildman–Crippen MR) is 128 cm³/mol. The molecule has 0 unspecified atom stereocenters. The number of para-hydroxylation sites is 1. The number of carbonyl (C=O) groups is 2. The molecule has 2 N–H and O–H groups in total. The zero-order valence-corrected chi connectivity index (χ0v) is 19.3. The summed E-state index contributed by atoms with van der Waals surface area (Å²) in [6.45, 7) is 7.27. The molecule has 2 aromatic carbocycles. The molecule has 1 aromatic heterocycles. The van der Waals surface area contributed by atoms with E-state index in [1.165, 1.54) is 0 Å². The summed E-state index contributed by atoms with van der Waals surface area (Å²) in [6, 6.07) is 19.9. The topological polar surface area (TPSA) is 85.2 Å². The van der Waals surface area contributed by atoms with Crippen molar-refractivity contribution < 1.29 is 14.3 Å². The van der Waals surface area contributed by atoms with E-state index < -0.39 is 5.60 Å². The van der Waals surface area contributed by atoms with Crippen molar-refractivity contribution in [1.82, 2.24) is 15.1 Å². The van der Waals surface area contributed by atoms with E-state index in [1.54, 1.807) is 0 Å². The van der Waals surface area contributed by atoms with Crippen molar-refractivity contribution in [3.63, 3.8) is 0 Å². The van der Waals surface area contributed by atoms with Crippen LogP contribution in [0, 0.1) is 5.92 Å². The Kier molecular flexibility index (Phi) is 6.60. The summed E-state index contributed by atoms with van der Waals surface area (Å²) in [5.74, 6) is -0.247. The summed E-state index contributed by atoms with van der Waals surface area (Å²) in [7, 11) is 0. The van der Waals surface area contributed by atoms with Crippen molar-refractivity contribution in [2.45, 2.75) is 39.2 Å². The Balaban J connectivity index is 1.69. The minimum absolute atomic E-state index is 0.102. The van der Waals surface area contributed by atoms with Crippen LogP contribution >= 0.6 is 0 Å². The van der Waals surface area contributed by atoms with Gasteiger partial charge in [-0.2, -0.15) is 0 Å². The number of anilines is 1. The van der Waals surface area contributed by atoms with Crippen LogP contribution in [0.25, 0.3) is 16.9 Å². The highest BCUT2D eigenvalue weighted by Gasteiger charge is 2.29. The van der Waals surface area contributed by atoms with Crippen molar-refractivity contribution in [3.8, 4) is 16.9 Å². The second kappa shape index (κ2) is 9.58. The molecule has 0 spiro atoms. The highest BCUT2D eigenvalue weighted by molar-refractivity contribution is 5.97. The van der Waals surface area contributed by atoms with E-state index in [0.29, 0.717) is 19.0 Å². The van der Waals surface area contributed by atoms with Gasteiger partial charge in [-0.05, 0) is 44.0 Å². The van der Waals surface area contributed by atoms with Gasteiger partial charge in [-0.1, -0.05) is 43.3 Å². The molecule has 7 heteroatoms. The van der Waals surface area contributed by atoms with Crippen molar-refractivity contribution in [2.75, 3.05) is 18.5 Å². The fraction of sp³-hybridized carbons (Fsp3) is 0.346. The van der Waals surface area contributed by atoms with Crippen LogP contribution in [0.3, 0.4) is 0 Å². The molecule has 33 heavy (non-hydrogen) atoms. The van der Waals surface area contributed by atoms with Gasteiger partial charge in [0.1, 0.15) is 0 Å². The van der Waals surface area contributed by atoms with Gasteiger partial charge in [-0.15, -0.1) is 5.10 Å². The Morgan fingerprint density at radius 2 is 1.97 bits per heavy atom. The molecule has 172 valence electrons. The smallest absolute Gasteiger partial charge is 0.230 e. The number of ether oxygens (including phenoxy) is 1. The number of hydrogen-bond donors (Lipinski definition) is 2. The van der Waals surface area contributed by atoms with Crippen molar-refractivity contribution in [2.24, 2.45) is 5.92 Å². The Labute approximate surface area is 194 Å². The molecule has 3 aromatic rings. The molecule has 1 saturated heterocycles. The largest absolute Gasteiger partial charge is 0.371 e. The number of nitrogens with one attached hydrogen (secondary N) is 2. The lowest BCUT2D eigenvalue weighted by Gasteiger charge is -2.26. The molecule has 0 saturated carbocycles. The molecule has 0 aliphatic carbocycles. The Morgan fingerprint density at radius 1 is 1.18 bits per heavy atom. The highest BCUT2D eigenvalue weighted by Crippen LogP contribution is 2.31. The maximum atomic E-state index is 12.7. The first-order valence-corrected chi connectivity index (χ1v) is 11.4. The minimum Gasteiger partial charge on any atom is -0.371 e. The van der Waals surface area contributed by atoms with Gasteiger partial charge in [0, 0.05) is 31.2 Å². The van der Waals surface area contributed by atoms with Crippen LogP contribution < -0.4 is 10.6 Å². The van der Waals surface area contributed by atoms with E-state index >= 15 is 0 Å². The maximum Gasteiger partial charge on any atom is 0.230 e. The Bertz CT molecular complexity index is 1140. The molecule has 1 aliphatic rings. The van der Waals surface area contributed by atoms with Crippen molar-refractivity contribution in [3.05, 3.63) is 66.2 Å². The number of amides is 2. The average Bonchev–Trinajstić information content (AvgIpc) is 3.45. The molecule has 2 heterocycles. The summed E-state index contributed by atoms with van der Waals surface area (Å²) >= 11 is 0. The zero-order valence-electron chi connectivity index (χ0n) is 19.3. The monoisotopic (exact) mass is 446 g/mol. The number of benzene rings is 2. The summed E-state index contributed by atoms with van der Waals surface area (Å²) in [5.41, 5.74) is 3.34. The van der Waals surface area contributed by atoms with E-state index in [4.69, 9.17) is 4.74 Å². The Morgan fingerprint density at radius 3 is 2.67 bits per heavy atom. The van der Waals surface area contributed by atoms with E-state index in [2.05, 4.69) is 48.6 Å². The summed E-state index contributed by atoms with van der Waals surface area (Å²) in [5, 5.41) is 10.3. The third-order valence-electron chi connectivity index (χ3n) is 5.83. The first-order chi connectivity index (χ1) is 15.9. The number of rotatable bonds is 8. The quantitative estimate of drug-likeness (QED) is 0.541. The fourth-order valence-corrected chi connectivity index (χ4v) is 3.93. The molecule has 4 rings (SSSR count). The van der Waals surface area contributed by atoms with Crippen LogP contribution in [0.1, 0.15) is 39.2 Å². The SMILES string of the molecule is CCCOC(C)(C)c1cccc(-c2cc(NC(=O)[C@@H]3CNC(=O)C3)nn2-c2ccccc2)c1. The van der Waals surface area contributed by atoms with Gasteiger partial charge in [-0.3, -0.25) is 9.59 Å². The molecule has 0 radical (unpaired) electrons.